The molecule has 0 saturated heterocycles. The lowest BCUT2D eigenvalue weighted by Crippen LogP contribution is -2.20. The van der Waals surface area contributed by atoms with Crippen LogP contribution in [0.4, 0.5) is 0 Å². The zero-order valence-electron chi connectivity index (χ0n) is 10.4. The number of hydrogen-bond acceptors (Lipinski definition) is 4. The van der Waals surface area contributed by atoms with Crippen LogP contribution < -0.4 is 5.56 Å². The smallest absolute Gasteiger partial charge is 0.250 e. The van der Waals surface area contributed by atoms with Gasteiger partial charge in [-0.25, -0.2) is 0 Å². The van der Waals surface area contributed by atoms with Gasteiger partial charge >= 0.3 is 0 Å². The Morgan fingerprint density at radius 1 is 1.33 bits per heavy atom. The zero-order chi connectivity index (χ0) is 13.2. The van der Waals surface area contributed by atoms with Crippen molar-refractivity contribution in [3.05, 3.63) is 46.6 Å². The molecule has 18 heavy (non-hydrogen) atoms. The lowest BCUT2D eigenvalue weighted by atomic mass is 10.1. The summed E-state index contributed by atoms with van der Waals surface area (Å²) in [7, 11) is 0. The second-order valence-electron chi connectivity index (χ2n) is 4.66. The molecule has 0 saturated carbocycles. The Morgan fingerprint density at radius 3 is 2.72 bits per heavy atom. The highest BCUT2D eigenvalue weighted by atomic mass is 16.3. The molecule has 0 amide bonds. The second kappa shape index (κ2) is 4.73. The molecule has 0 unspecified atom stereocenters. The van der Waals surface area contributed by atoms with E-state index in [2.05, 4.69) is 10.3 Å². The van der Waals surface area contributed by atoms with Gasteiger partial charge in [0.2, 0.25) is 0 Å². The summed E-state index contributed by atoms with van der Waals surface area (Å²) in [6, 6.07) is 5.04. The molecule has 1 N–H and O–H groups in total. The van der Waals surface area contributed by atoms with Gasteiger partial charge in [0.25, 0.3) is 5.56 Å². The van der Waals surface area contributed by atoms with Gasteiger partial charge in [0.05, 0.1) is 12.7 Å². The van der Waals surface area contributed by atoms with Gasteiger partial charge in [-0.2, -0.15) is 0 Å². The van der Waals surface area contributed by atoms with Crippen LogP contribution >= 0.6 is 0 Å². The van der Waals surface area contributed by atoms with Crippen LogP contribution in [0.2, 0.25) is 0 Å². The van der Waals surface area contributed by atoms with Crippen molar-refractivity contribution < 1.29 is 5.11 Å². The van der Waals surface area contributed by atoms with E-state index in [-0.39, 0.29) is 5.56 Å². The average molecular weight is 248 g/mol. The Labute approximate surface area is 104 Å². The molecule has 0 aromatic carbocycles. The molecule has 6 heteroatoms. The summed E-state index contributed by atoms with van der Waals surface area (Å²) in [5.74, 6) is 0. The van der Waals surface area contributed by atoms with Crippen LogP contribution in [-0.4, -0.2) is 24.7 Å². The molecule has 0 atom stereocenters. The Bertz CT molecular complexity index is 580. The van der Waals surface area contributed by atoms with E-state index in [1.165, 1.54) is 6.07 Å². The summed E-state index contributed by atoms with van der Waals surface area (Å²) in [6.45, 7) is 4.37. The highest BCUT2D eigenvalue weighted by molar-refractivity contribution is 5.02. The van der Waals surface area contributed by atoms with Crippen molar-refractivity contribution in [2.24, 2.45) is 0 Å². The molecule has 0 aliphatic rings. The molecule has 0 aliphatic heterocycles. The number of aliphatic hydroxyl groups is 1. The fraction of sp³-hybridized carbons (Fsp3) is 0.417. The summed E-state index contributed by atoms with van der Waals surface area (Å²) in [4.78, 5) is 11.5. The molecule has 2 heterocycles. The van der Waals surface area contributed by atoms with Gasteiger partial charge in [0.1, 0.15) is 11.3 Å². The van der Waals surface area contributed by atoms with Gasteiger partial charge in [0.15, 0.2) is 0 Å². The van der Waals surface area contributed by atoms with Gasteiger partial charge in [-0.15, -0.1) is 5.10 Å². The minimum atomic E-state index is -0.998. The van der Waals surface area contributed by atoms with Crippen molar-refractivity contribution in [3.63, 3.8) is 0 Å². The fourth-order valence-corrected chi connectivity index (χ4v) is 1.54. The van der Waals surface area contributed by atoms with Crippen molar-refractivity contribution in [2.75, 3.05) is 0 Å². The predicted molar refractivity (Wildman–Crippen MR) is 66.0 cm³/mol. The molecule has 6 nitrogen and oxygen atoms in total. The normalized spacial score (nSPS) is 11.7. The number of rotatable bonds is 4. The van der Waals surface area contributed by atoms with E-state index in [0.717, 1.165) is 0 Å². The molecule has 2 rings (SSSR count). The lowest BCUT2D eigenvalue weighted by molar-refractivity contribution is 0.0737. The highest BCUT2D eigenvalue weighted by Crippen LogP contribution is 2.15. The standard InChI is InChI=1S/C12H16N4O2/c1-12(2,18)10-9-16(14-13-10)8-7-15-6-4-3-5-11(15)17/h3-6,9,18H,7-8H2,1-2H3. The number of nitrogens with zero attached hydrogens (tertiary/aromatic N) is 4. The first-order valence-corrected chi connectivity index (χ1v) is 5.75. The zero-order valence-corrected chi connectivity index (χ0v) is 10.4. The monoisotopic (exact) mass is 248 g/mol. The quantitative estimate of drug-likeness (QED) is 0.848. The van der Waals surface area contributed by atoms with Crippen molar-refractivity contribution in [1.29, 1.82) is 0 Å². The van der Waals surface area contributed by atoms with Crippen LogP contribution in [0, 0.1) is 0 Å². The molecular formula is C12H16N4O2. The molecule has 2 aromatic heterocycles. The SMILES string of the molecule is CC(C)(O)c1cn(CCn2ccccc2=O)nn1. The Hall–Kier alpha value is -1.95. The van der Waals surface area contributed by atoms with Crippen LogP contribution in [-0.2, 0) is 18.7 Å². The summed E-state index contributed by atoms with van der Waals surface area (Å²) >= 11 is 0. The maximum Gasteiger partial charge on any atom is 0.250 e. The number of hydrogen-bond donors (Lipinski definition) is 1. The second-order valence-corrected chi connectivity index (χ2v) is 4.66. The molecule has 96 valence electrons. The molecule has 0 radical (unpaired) electrons. The molecule has 0 spiro atoms. The van der Waals surface area contributed by atoms with E-state index in [1.807, 2.05) is 6.07 Å². The summed E-state index contributed by atoms with van der Waals surface area (Å²) in [5.41, 5.74) is -0.523. The van der Waals surface area contributed by atoms with Crippen LogP contribution in [0.3, 0.4) is 0 Å². The van der Waals surface area contributed by atoms with Crippen molar-refractivity contribution in [3.8, 4) is 0 Å². The van der Waals surface area contributed by atoms with Gasteiger partial charge in [-0.1, -0.05) is 11.3 Å². The average Bonchev–Trinajstić information content (AvgIpc) is 2.76. The molecule has 0 aliphatic carbocycles. The molecule has 2 aromatic rings. The van der Waals surface area contributed by atoms with E-state index < -0.39 is 5.60 Å². The minimum absolute atomic E-state index is 0.0414. The Morgan fingerprint density at radius 2 is 2.11 bits per heavy atom. The topological polar surface area (TPSA) is 72.9 Å². The van der Waals surface area contributed by atoms with E-state index in [9.17, 15) is 9.90 Å². The summed E-state index contributed by atoms with van der Waals surface area (Å²) in [5, 5.41) is 17.6. The number of aryl methyl sites for hydroxylation is 2. The van der Waals surface area contributed by atoms with Crippen molar-refractivity contribution in [2.45, 2.75) is 32.5 Å². The largest absolute Gasteiger partial charge is 0.384 e. The highest BCUT2D eigenvalue weighted by Gasteiger charge is 2.19. The Balaban J connectivity index is 2.06. The van der Waals surface area contributed by atoms with Gasteiger partial charge in [-0.3, -0.25) is 9.48 Å². The molecule has 0 fully saturated rings. The van der Waals surface area contributed by atoms with Crippen molar-refractivity contribution in [1.82, 2.24) is 19.6 Å². The lowest BCUT2D eigenvalue weighted by Gasteiger charge is -2.11. The van der Waals surface area contributed by atoms with E-state index >= 15 is 0 Å². The van der Waals surface area contributed by atoms with Gasteiger partial charge < -0.3 is 9.67 Å². The van der Waals surface area contributed by atoms with E-state index in [0.29, 0.717) is 18.8 Å². The van der Waals surface area contributed by atoms with E-state index in [4.69, 9.17) is 0 Å². The van der Waals surface area contributed by atoms with Crippen LogP contribution in [0.5, 0.6) is 0 Å². The maximum atomic E-state index is 11.5. The first kappa shape index (κ1) is 12.5. The number of aromatic nitrogens is 4. The summed E-state index contributed by atoms with van der Waals surface area (Å²) < 4.78 is 3.22. The first-order chi connectivity index (χ1) is 8.47. The van der Waals surface area contributed by atoms with Crippen molar-refractivity contribution >= 4 is 0 Å². The summed E-state index contributed by atoms with van der Waals surface area (Å²) in [6.07, 6.45) is 3.42. The Kier molecular flexibility index (Phi) is 3.29. The van der Waals surface area contributed by atoms with Crippen LogP contribution in [0.15, 0.2) is 35.4 Å². The molecular weight excluding hydrogens is 232 g/mol. The third-order valence-electron chi connectivity index (χ3n) is 2.63. The maximum absolute atomic E-state index is 11.5. The minimum Gasteiger partial charge on any atom is -0.384 e. The van der Waals surface area contributed by atoms with Crippen LogP contribution in [0.1, 0.15) is 19.5 Å². The van der Waals surface area contributed by atoms with E-state index in [1.54, 1.807) is 41.6 Å². The first-order valence-electron chi connectivity index (χ1n) is 5.75. The van der Waals surface area contributed by atoms with Gasteiger partial charge in [-0.05, 0) is 19.9 Å². The predicted octanol–water partition coefficient (Wildman–Crippen LogP) is 0.367. The fourth-order valence-electron chi connectivity index (χ4n) is 1.54. The van der Waals surface area contributed by atoms with Crippen LogP contribution in [0.25, 0.3) is 0 Å². The molecule has 0 bridgehead atoms. The third-order valence-corrected chi connectivity index (χ3v) is 2.63. The number of pyridine rings is 1. The third kappa shape index (κ3) is 2.84. The van der Waals surface area contributed by atoms with Gasteiger partial charge in [0, 0.05) is 18.8 Å².